The van der Waals surface area contributed by atoms with Crippen molar-refractivity contribution in [1.82, 2.24) is 19.4 Å². The minimum Gasteiger partial charge on any atom is -0.445 e. The lowest BCUT2D eigenvalue weighted by atomic mass is 9.98. The van der Waals surface area contributed by atoms with Crippen molar-refractivity contribution in [3.05, 3.63) is 82.8 Å². The number of aryl methyl sites for hydroxylation is 1. The monoisotopic (exact) mass is 448 g/mol. The molecule has 1 amide bonds. The third-order valence-electron chi connectivity index (χ3n) is 6.10. The smallest absolute Gasteiger partial charge is 0.242 e. The molecule has 1 aliphatic heterocycles. The highest BCUT2D eigenvalue weighted by atomic mass is 35.5. The molecule has 0 aliphatic carbocycles. The zero-order chi connectivity index (χ0) is 22.1. The summed E-state index contributed by atoms with van der Waals surface area (Å²) in [6, 6.07) is 15.7. The first-order chi connectivity index (χ1) is 15.6. The number of hydrogen-bond acceptors (Lipinski definition) is 4. The van der Waals surface area contributed by atoms with E-state index in [2.05, 4.69) is 9.97 Å². The summed E-state index contributed by atoms with van der Waals surface area (Å²) >= 11 is 6.09. The summed E-state index contributed by atoms with van der Waals surface area (Å²) < 4.78 is 8.07. The number of hydrogen-bond donors (Lipinski definition) is 0. The standard InChI is InChI=1S/C25H25ClN4O2/c1-17-28-22-9-2-3-10-23(22)30(17)16-24(31)29-11-5-7-19(15-29)25-27-14-21(32-25)13-18-6-4-8-20(26)12-18/h2-4,6,8-10,12,14,19H,5,7,11,13,15-16H2,1H3/t19-/m0/s1. The maximum Gasteiger partial charge on any atom is 0.242 e. The molecule has 0 unspecified atom stereocenters. The number of aromatic nitrogens is 3. The van der Waals surface area contributed by atoms with Crippen molar-refractivity contribution in [3.63, 3.8) is 0 Å². The normalized spacial score (nSPS) is 16.6. The molecule has 1 aliphatic rings. The third kappa shape index (κ3) is 4.28. The lowest BCUT2D eigenvalue weighted by molar-refractivity contribution is -0.133. The highest BCUT2D eigenvalue weighted by Gasteiger charge is 2.28. The van der Waals surface area contributed by atoms with Gasteiger partial charge in [0.2, 0.25) is 5.91 Å². The molecule has 0 spiro atoms. The van der Waals surface area contributed by atoms with Crippen LogP contribution < -0.4 is 0 Å². The number of oxazole rings is 1. The quantitative estimate of drug-likeness (QED) is 0.431. The van der Waals surface area contributed by atoms with Gasteiger partial charge in [-0.2, -0.15) is 0 Å². The fourth-order valence-corrected chi connectivity index (χ4v) is 4.69. The van der Waals surface area contributed by atoms with Crippen LogP contribution >= 0.6 is 11.6 Å². The number of amides is 1. The van der Waals surface area contributed by atoms with Gasteiger partial charge in [0.05, 0.1) is 23.1 Å². The number of carbonyl (C=O) groups is 1. The Morgan fingerprint density at radius 1 is 1.22 bits per heavy atom. The second-order valence-corrected chi connectivity index (χ2v) is 8.82. The molecule has 4 aromatic rings. The highest BCUT2D eigenvalue weighted by molar-refractivity contribution is 6.30. The number of piperidine rings is 1. The first kappa shape index (κ1) is 20.8. The average Bonchev–Trinajstić information content (AvgIpc) is 3.38. The van der Waals surface area contributed by atoms with Crippen LogP contribution in [0.3, 0.4) is 0 Å². The Hall–Kier alpha value is -3.12. The van der Waals surface area contributed by atoms with Crippen LogP contribution in [0.2, 0.25) is 5.02 Å². The molecule has 32 heavy (non-hydrogen) atoms. The van der Waals surface area contributed by atoms with E-state index in [-0.39, 0.29) is 11.8 Å². The van der Waals surface area contributed by atoms with Gasteiger partial charge in [0.25, 0.3) is 0 Å². The third-order valence-corrected chi connectivity index (χ3v) is 6.34. The van der Waals surface area contributed by atoms with Crippen molar-refractivity contribution in [2.75, 3.05) is 13.1 Å². The van der Waals surface area contributed by atoms with E-state index in [1.807, 2.05) is 64.9 Å². The van der Waals surface area contributed by atoms with Gasteiger partial charge in [0.15, 0.2) is 5.89 Å². The fraction of sp³-hybridized carbons (Fsp3) is 0.320. The molecule has 164 valence electrons. The Kier molecular flexibility index (Phi) is 5.70. The largest absolute Gasteiger partial charge is 0.445 e. The number of fused-ring (bicyclic) bond motifs is 1. The topological polar surface area (TPSA) is 64.2 Å². The van der Waals surface area contributed by atoms with Crippen LogP contribution in [-0.2, 0) is 17.8 Å². The molecular formula is C25H25ClN4O2. The average molecular weight is 449 g/mol. The summed E-state index contributed by atoms with van der Waals surface area (Å²) in [6.07, 6.45) is 4.34. The summed E-state index contributed by atoms with van der Waals surface area (Å²) in [5, 5.41) is 0.713. The van der Waals surface area contributed by atoms with E-state index in [1.165, 1.54) is 0 Å². The second-order valence-electron chi connectivity index (χ2n) is 8.38. The Balaban J connectivity index is 1.27. The van der Waals surface area contributed by atoms with Gasteiger partial charge in [-0.3, -0.25) is 4.79 Å². The van der Waals surface area contributed by atoms with E-state index in [0.29, 0.717) is 30.4 Å². The summed E-state index contributed by atoms with van der Waals surface area (Å²) in [7, 11) is 0. The predicted octanol–water partition coefficient (Wildman–Crippen LogP) is 4.98. The molecule has 2 aromatic carbocycles. The minimum absolute atomic E-state index is 0.103. The molecule has 3 heterocycles. The number of likely N-dealkylation sites (tertiary alicyclic amines) is 1. The van der Waals surface area contributed by atoms with Crippen molar-refractivity contribution >= 4 is 28.5 Å². The van der Waals surface area contributed by atoms with Crippen LogP contribution in [-0.4, -0.2) is 38.4 Å². The van der Waals surface area contributed by atoms with E-state index in [0.717, 1.165) is 47.6 Å². The maximum atomic E-state index is 13.1. The van der Waals surface area contributed by atoms with E-state index < -0.39 is 0 Å². The summed E-state index contributed by atoms with van der Waals surface area (Å²) in [4.78, 5) is 24.2. The molecule has 1 saturated heterocycles. The summed E-state index contributed by atoms with van der Waals surface area (Å²) in [5.74, 6) is 2.59. The Bertz CT molecular complexity index is 1260. The Labute approximate surface area is 191 Å². The van der Waals surface area contributed by atoms with Gasteiger partial charge in [0.1, 0.15) is 18.1 Å². The fourth-order valence-electron chi connectivity index (χ4n) is 4.48. The lowest BCUT2D eigenvalue weighted by Gasteiger charge is -2.31. The van der Waals surface area contributed by atoms with Gasteiger partial charge >= 0.3 is 0 Å². The van der Waals surface area contributed by atoms with E-state index in [1.54, 1.807) is 6.20 Å². The number of halogens is 1. The number of benzene rings is 2. The summed E-state index contributed by atoms with van der Waals surface area (Å²) in [5.41, 5.74) is 3.00. The highest BCUT2D eigenvalue weighted by Crippen LogP contribution is 2.28. The van der Waals surface area contributed by atoms with Gasteiger partial charge in [-0.1, -0.05) is 35.9 Å². The van der Waals surface area contributed by atoms with Crippen molar-refractivity contribution in [2.45, 2.75) is 38.6 Å². The minimum atomic E-state index is 0.103. The second kappa shape index (κ2) is 8.79. The van der Waals surface area contributed by atoms with E-state index in [9.17, 15) is 4.79 Å². The molecule has 2 aromatic heterocycles. The van der Waals surface area contributed by atoms with Gasteiger partial charge in [-0.25, -0.2) is 9.97 Å². The van der Waals surface area contributed by atoms with Gasteiger partial charge in [0, 0.05) is 24.5 Å². The van der Waals surface area contributed by atoms with Crippen molar-refractivity contribution in [1.29, 1.82) is 0 Å². The van der Waals surface area contributed by atoms with Crippen LogP contribution in [0.1, 0.15) is 41.8 Å². The zero-order valence-electron chi connectivity index (χ0n) is 18.0. The van der Waals surface area contributed by atoms with Crippen molar-refractivity contribution < 1.29 is 9.21 Å². The number of para-hydroxylation sites is 2. The van der Waals surface area contributed by atoms with Gasteiger partial charge in [-0.05, 0) is 49.6 Å². The molecule has 0 saturated carbocycles. The zero-order valence-corrected chi connectivity index (χ0v) is 18.8. The molecule has 5 rings (SSSR count). The van der Waals surface area contributed by atoms with Crippen LogP contribution in [0.25, 0.3) is 11.0 Å². The van der Waals surface area contributed by atoms with E-state index >= 15 is 0 Å². The van der Waals surface area contributed by atoms with E-state index in [4.69, 9.17) is 16.0 Å². The molecule has 0 bridgehead atoms. The summed E-state index contributed by atoms with van der Waals surface area (Å²) in [6.45, 7) is 3.63. The molecule has 6 nitrogen and oxygen atoms in total. The Morgan fingerprint density at radius 3 is 2.97 bits per heavy atom. The van der Waals surface area contributed by atoms with Crippen molar-refractivity contribution in [2.24, 2.45) is 0 Å². The molecular weight excluding hydrogens is 424 g/mol. The van der Waals surface area contributed by atoms with Crippen LogP contribution in [0, 0.1) is 6.92 Å². The maximum absolute atomic E-state index is 13.1. The number of rotatable bonds is 5. The van der Waals surface area contributed by atoms with Gasteiger partial charge < -0.3 is 13.9 Å². The number of carbonyl (C=O) groups excluding carboxylic acids is 1. The van der Waals surface area contributed by atoms with Crippen molar-refractivity contribution in [3.8, 4) is 0 Å². The number of nitrogens with zero attached hydrogens (tertiary/aromatic N) is 4. The van der Waals surface area contributed by atoms with Crippen LogP contribution in [0.15, 0.2) is 59.1 Å². The number of imidazole rings is 1. The van der Waals surface area contributed by atoms with Crippen LogP contribution in [0.5, 0.6) is 0 Å². The predicted molar refractivity (Wildman–Crippen MR) is 124 cm³/mol. The first-order valence-corrected chi connectivity index (χ1v) is 11.3. The molecule has 0 N–H and O–H groups in total. The van der Waals surface area contributed by atoms with Gasteiger partial charge in [-0.15, -0.1) is 0 Å². The first-order valence-electron chi connectivity index (χ1n) is 11.0. The Morgan fingerprint density at radius 2 is 2.09 bits per heavy atom. The molecule has 7 heteroatoms. The molecule has 1 atom stereocenters. The molecule has 1 fully saturated rings. The SMILES string of the molecule is Cc1nc2ccccc2n1CC(=O)N1CCC[C@H](c2ncc(Cc3cccc(Cl)c3)o2)C1. The molecule has 0 radical (unpaired) electrons. The lowest BCUT2D eigenvalue weighted by Crippen LogP contribution is -2.41. The van der Waals surface area contributed by atoms with Crippen LogP contribution in [0.4, 0.5) is 0 Å².